The molecule has 2 aliphatic rings. The minimum absolute atomic E-state index is 0.364. The third-order valence-corrected chi connectivity index (χ3v) is 5.45. The van der Waals surface area contributed by atoms with Gasteiger partial charge in [-0.15, -0.1) is 0 Å². The van der Waals surface area contributed by atoms with Crippen molar-refractivity contribution in [3.8, 4) is 6.07 Å². The fourth-order valence-corrected chi connectivity index (χ4v) is 3.79. The van der Waals surface area contributed by atoms with Crippen LogP contribution in [-0.4, -0.2) is 23.6 Å². The maximum Gasteiger partial charge on any atom is 0.417 e. The molecule has 0 bridgehead atoms. The molecule has 2 heterocycles. The number of rotatable bonds is 4. The Bertz CT molecular complexity index is 1100. The average molecular weight is 427 g/mol. The van der Waals surface area contributed by atoms with Gasteiger partial charge in [0, 0.05) is 29.9 Å². The molecule has 0 saturated heterocycles. The number of methoxy groups -OCH3 is 1. The average Bonchev–Trinajstić information content (AvgIpc) is 2.78. The third-order valence-electron chi connectivity index (χ3n) is 5.45. The van der Waals surface area contributed by atoms with Gasteiger partial charge in [0.1, 0.15) is 12.1 Å². The van der Waals surface area contributed by atoms with Crippen LogP contribution in [0.4, 0.5) is 24.7 Å². The highest BCUT2D eigenvalue weighted by molar-refractivity contribution is 5.58. The van der Waals surface area contributed by atoms with E-state index in [-0.39, 0.29) is 5.56 Å². The smallest absolute Gasteiger partial charge is 0.417 e. The van der Waals surface area contributed by atoms with Gasteiger partial charge < -0.3 is 15.0 Å². The van der Waals surface area contributed by atoms with Gasteiger partial charge in [-0.05, 0) is 43.2 Å². The number of anilines is 2. The van der Waals surface area contributed by atoms with E-state index >= 15 is 0 Å². The molecule has 1 N–H and O–H groups in total. The van der Waals surface area contributed by atoms with Crippen molar-refractivity contribution in [1.82, 2.24) is 9.97 Å². The first-order valence-electron chi connectivity index (χ1n) is 9.79. The molecule has 0 radical (unpaired) electrons. The third kappa shape index (κ3) is 4.33. The number of hydrogen-bond acceptors (Lipinski definition) is 6. The molecule has 0 amide bonds. The molecule has 1 aromatic heterocycles. The Kier molecular flexibility index (Phi) is 5.55. The lowest BCUT2D eigenvalue weighted by Crippen LogP contribution is -2.32. The summed E-state index contributed by atoms with van der Waals surface area (Å²) in [5.41, 5.74) is 1.87. The summed E-state index contributed by atoms with van der Waals surface area (Å²) in [5.74, 6) is 1.65. The van der Waals surface area contributed by atoms with E-state index in [1.165, 1.54) is 12.4 Å². The highest BCUT2D eigenvalue weighted by atomic mass is 19.4. The van der Waals surface area contributed by atoms with Crippen molar-refractivity contribution in [2.75, 3.05) is 23.9 Å². The fourth-order valence-electron chi connectivity index (χ4n) is 3.79. The predicted octanol–water partition coefficient (Wildman–Crippen LogP) is 4.55. The zero-order valence-electron chi connectivity index (χ0n) is 16.8. The summed E-state index contributed by atoms with van der Waals surface area (Å²) < 4.78 is 45.2. The Balaban J connectivity index is 1.57. The number of nitrogens with one attached hydrogen (secondary N) is 1. The molecule has 0 fully saturated rings. The first-order valence-corrected chi connectivity index (χ1v) is 9.79. The Morgan fingerprint density at radius 3 is 2.68 bits per heavy atom. The molecular weight excluding hydrogens is 407 g/mol. The number of hydrogen-bond donors (Lipinski definition) is 1. The lowest BCUT2D eigenvalue weighted by Gasteiger charge is -2.31. The molecule has 0 atom stereocenters. The van der Waals surface area contributed by atoms with E-state index in [0.29, 0.717) is 25.2 Å². The van der Waals surface area contributed by atoms with E-state index in [4.69, 9.17) is 10.00 Å². The summed E-state index contributed by atoms with van der Waals surface area (Å²) in [7, 11) is 1.65. The highest BCUT2D eigenvalue weighted by Gasteiger charge is 2.34. The number of alkyl halides is 3. The normalized spacial score (nSPS) is 16.0. The van der Waals surface area contributed by atoms with Crippen molar-refractivity contribution >= 4 is 11.5 Å². The minimum atomic E-state index is -4.58. The maximum atomic E-state index is 13.3. The van der Waals surface area contributed by atoms with Crippen molar-refractivity contribution in [3.63, 3.8) is 0 Å². The van der Waals surface area contributed by atoms with Crippen LogP contribution in [0.15, 0.2) is 48.1 Å². The van der Waals surface area contributed by atoms with Gasteiger partial charge in [-0.1, -0.05) is 0 Å². The van der Waals surface area contributed by atoms with Crippen molar-refractivity contribution in [1.29, 1.82) is 5.26 Å². The van der Waals surface area contributed by atoms with Crippen molar-refractivity contribution < 1.29 is 17.9 Å². The van der Waals surface area contributed by atoms with Crippen molar-refractivity contribution in [2.45, 2.75) is 32.0 Å². The first kappa shape index (κ1) is 20.7. The number of allylic oxidation sites excluding steroid dienone is 4. The summed E-state index contributed by atoms with van der Waals surface area (Å²) in [5, 5.41) is 12.4. The van der Waals surface area contributed by atoms with E-state index in [2.05, 4.69) is 15.3 Å². The summed E-state index contributed by atoms with van der Waals surface area (Å²) in [6.45, 7) is 0.882. The van der Waals surface area contributed by atoms with Gasteiger partial charge in [0.2, 0.25) is 0 Å². The summed E-state index contributed by atoms with van der Waals surface area (Å²) in [6, 6.07) is 5.42. The van der Waals surface area contributed by atoms with E-state index < -0.39 is 11.7 Å². The SMILES string of the molecule is COC1=CC=C(Nc2ncnc3c2CCN(c2ccc(C#N)c(C(F)(F)F)c2)C3)CC1. The monoisotopic (exact) mass is 427 g/mol. The first-order chi connectivity index (χ1) is 14.9. The number of fused-ring (bicyclic) bond motifs is 1. The highest BCUT2D eigenvalue weighted by Crippen LogP contribution is 2.36. The summed E-state index contributed by atoms with van der Waals surface area (Å²) >= 11 is 0. The molecule has 2 aromatic rings. The van der Waals surface area contributed by atoms with E-state index in [9.17, 15) is 13.2 Å². The van der Waals surface area contributed by atoms with Gasteiger partial charge in [0.15, 0.2) is 0 Å². The van der Waals surface area contributed by atoms with E-state index in [1.54, 1.807) is 19.2 Å². The van der Waals surface area contributed by atoms with Crippen LogP contribution >= 0.6 is 0 Å². The molecule has 0 saturated carbocycles. The quantitative estimate of drug-likeness (QED) is 0.772. The van der Waals surface area contributed by atoms with Crippen LogP contribution in [-0.2, 0) is 23.9 Å². The lowest BCUT2D eigenvalue weighted by atomic mass is 10.0. The zero-order chi connectivity index (χ0) is 22.0. The number of benzene rings is 1. The molecule has 1 aliphatic heterocycles. The van der Waals surface area contributed by atoms with Crippen LogP contribution in [0.1, 0.15) is 35.2 Å². The summed E-state index contributed by atoms with van der Waals surface area (Å²) in [4.78, 5) is 10.6. The number of ether oxygens (including phenoxy) is 1. The maximum absolute atomic E-state index is 13.3. The van der Waals surface area contributed by atoms with Crippen LogP contribution in [0, 0.1) is 11.3 Å². The second kappa shape index (κ2) is 8.30. The molecule has 0 unspecified atom stereocenters. The number of aromatic nitrogens is 2. The van der Waals surface area contributed by atoms with E-state index in [0.717, 1.165) is 47.4 Å². The zero-order valence-corrected chi connectivity index (χ0v) is 16.8. The number of nitrogens with zero attached hydrogens (tertiary/aromatic N) is 4. The molecule has 1 aliphatic carbocycles. The van der Waals surface area contributed by atoms with Crippen molar-refractivity contribution in [2.24, 2.45) is 0 Å². The molecule has 9 heteroatoms. The Labute approximate surface area is 177 Å². The van der Waals surface area contributed by atoms with Gasteiger partial charge in [-0.2, -0.15) is 18.4 Å². The van der Waals surface area contributed by atoms with Gasteiger partial charge in [0.25, 0.3) is 0 Å². The molecule has 160 valence electrons. The predicted molar refractivity (Wildman–Crippen MR) is 109 cm³/mol. The van der Waals surface area contributed by atoms with Crippen LogP contribution < -0.4 is 10.2 Å². The second-order valence-electron chi connectivity index (χ2n) is 7.31. The van der Waals surface area contributed by atoms with Crippen LogP contribution in [0.5, 0.6) is 0 Å². The molecule has 0 spiro atoms. The molecule has 6 nitrogen and oxygen atoms in total. The van der Waals surface area contributed by atoms with Crippen molar-refractivity contribution in [3.05, 3.63) is 70.5 Å². The number of halogens is 3. The minimum Gasteiger partial charge on any atom is -0.501 e. The van der Waals surface area contributed by atoms with Gasteiger partial charge in [0.05, 0.1) is 42.3 Å². The number of nitriles is 1. The summed E-state index contributed by atoms with van der Waals surface area (Å²) in [6.07, 6.45) is 2.95. The topological polar surface area (TPSA) is 74.1 Å². The van der Waals surface area contributed by atoms with Crippen LogP contribution in [0.25, 0.3) is 0 Å². The van der Waals surface area contributed by atoms with Crippen LogP contribution in [0.3, 0.4) is 0 Å². The van der Waals surface area contributed by atoms with Gasteiger partial charge in [-0.25, -0.2) is 9.97 Å². The standard InChI is InChI=1S/C22H20F3N5O/c1-31-17-6-3-15(4-7-17)29-21-18-8-9-30(12-20(18)27-13-28-21)16-5-2-14(11-26)19(10-16)22(23,24)25/h2-3,5-6,10,13H,4,7-9,12H2,1H3,(H,27,28,29). The molecule has 1 aromatic carbocycles. The molecule has 4 rings (SSSR count). The largest absolute Gasteiger partial charge is 0.501 e. The molecule has 31 heavy (non-hydrogen) atoms. The Morgan fingerprint density at radius 1 is 1.16 bits per heavy atom. The van der Waals surface area contributed by atoms with E-state index in [1.807, 2.05) is 17.1 Å². The Hall–Kier alpha value is -3.54. The fraction of sp³-hybridized carbons (Fsp3) is 0.318. The van der Waals surface area contributed by atoms with Crippen LogP contribution in [0.2, 0.25) is 0 Å². The van der Waals surface area contributed by atoms with Gasteiger partial charge in [-0.3, -0.25) is 0 Å². The van der Waals surface area contributed by atoms with Gasteiger partial charge >= 0.3 is 6.18 Å². The molecular formula is C22H20F3N5O. The Morgan fingerprint density at radius 2 is 2.00 bits per heavy atom. The lowest BCUT2D eigenvalue weighted by molar-refractivity contribution is -0.137. The second-order valence-corrected chi connectivity index (χ2v) is 7.31.